The highest BCUT2D eigenvalue weighted by molar-refractivity contribution is 9.08. The first-order valence-corrected chi connectivity index (χ1v) is 8.02. The van der Waals surface area contributed by atoms with Crippen LogP contribution in [0, 0.1) is 12.7 Å². The number of benzene rings is 2. The largest absolute Gasteiger partial charge is 0.486 e. The van der Waals surface area contributed by atoms with Crippen molar-refractivity contribution in [2.75, 3.05) is 6.61 Å². The Morgan fingerprint density at radius 2 is 2.19 bits per heavy atom. The smallest absolute Gasteiger partial charge is 0.165 e. The van der Waals surface area contributed by atoms with Gasteiger partial charge < -0.3 is 9.47 Å². The first kappa shape index (κ1) is 14.4. The Morgan fingerprint density at radius 3 is 3.00 bits per heavy atom. The highest BCUT2D eigenvalue weighted by Gasteiger charge is 2.24. The molecule has 1 atom stereocenters. The third kappa shape index (κ3) is 3.05. The highest BCUT2D eigenvalue weighted by atomic mass is 79.9. The molecule has 0 saturated heterocycles. The predicted molar refractivity (Wildman–Crippen MR) is 83.8 cm³/mol. The van der Waals surface area contributed by atoms with Crippen molar-refractivity contribution in [3.63, 3.8) is 0 Å². The zero-order valence-electron chi connectivity index (χ0n) is 11.7. The molecule has 4 heteroatoms. The summed E-state index contributed by atoms with van der Waals surface area (Å²) in [7, 11) is 0. The normalized spacial score (nSPS) is 16.4. The summed E-state index contributed by atoms with van der Waals surface area (Å²) < 4.78 is 25.4. The minimum Gasteiger partial charge on any atom is -0.486 e. The van der Waals surface area contributed by atoms with E-state index >= 15 is 0 Å². The molecule has 110 valence electrons. The number of halogens is 2. The maximum Gasteiger partial charge on any atom is 0.165 e. The second-order valence-corrected chi connectivity index (χ2v) is 5.79. The Balaban J connectivity index is 1.68. The predicted octanol–water partition coefficient (Wildman–Crippen LogP) is 4.41. The number of alkyl halides is 1. The molecule has 0 N–H and O–H groups in total. The molecule has 2 aromatic carbocycles. The Morgan fingerprint density at radius 1 is 1.33 bits per heavy atom. The Hall–Kier alpha value is -1.55. The molecule has 0 fully saturated rings. The maximum atomic E-state index is 13.8. The Labute approximate surface area is 132 Å². The fourth-order valence-corrected chi connectivity index (χ4v) is 2.98. The molecule has 0 radical (unpaired) electrons. The third-order valence-corrected chi connectivity index (χ3v) is 4.17. The number of aryl methyl sites for hydroxylation is 1. The summed E-state index contributed by atoms with van der Waals surface area (Å²) in [5.41, 5.74) is 3.22. The van der Waals surface area contributed by atoms with Gasteiger partial charge in [0.15, 0.2) is 11.6 Å². The summed E-state index contributed by atoms with van der Waals surface area (Å²) in [4.78, 5) is 0. The molecule has 2 aromatic rings. The fraction of sp³-hybridized carbons (Fsp3) is 0.294. The van der Waals surface area contributed by atoms with Crippen LogP contribution in [0.25, 0.3) is 0 Å². The van der Waals surface area contributed by atoms with Gasteiger partial charge in [0.1, 0.15) is 18.5 Å². The van der Waals surface area contributed by atoms with Gasteiger partial charge in [-0.25, -0.2) is 4.39 Å². The van der Waals surface area contributed by atoms with E-state index < -0.39 is 0 Å². The van der Waals surface area contributed by atoms with Crippen molar-refractivity contribution in [3.8, 4) is 11.5 Å². The number of fused-ring (bicyclic) bond motifs is 1. The van der Waals surface area contributed by atoms with Gasteiger partial charge in [0.05, 0.1) is 0 Å². The molecule has 0 saturated carbocycles. The molecule has 1 aliphatic rings. The third-order valence-electron chi connectivity index (χ3n) is 3.56. The minimum absolute atomic E-state index is 0.0652. The van der Waals surface area contributed by atoms with E-state index in [0.29, 0.717) is 17.7 Å². The average Bonchev–Trinajstić information content (AvgIpc) is 2.87. The van der Waals surface area contributed by atoms with Crippen molar-refractivity contribution in [2.24, 2.45) is 0 Å². The van der Waals surface area contributed by atoms with Gasteiger partial charge in [-0.15, -0.1) is 0 Å². The fourth-order valence-electron chi connectivity index (χ4n) is 2.54. The van der Waals surface area contributed by atoms with Crippen LogP contribution in [0.15, 0.2) is 36.4 Å². The van der Waals surface area contributed by atoms with E-state index in [1.54, 1.807) is 6.07 Å². The van der Waals surface area contributed by atoms with Crippen LogP contribution >= 0.6 is 15.9 Å². The summed E-state index contributed by atoms with van der Waals surface area (Å²) in [5.74, 6) is 0.881. The molecule has 21 heavy (non-hydrogen) atoms. The van der Waals surface area contributed by atoms with Gasteiger partial charge >= 0.3 is 0 Å². The number of hydrogen-bond acceptors (Lipinski definition) is 2. The Bertz CT molecular complexity index is 657. The van der Waals surface area contributed by atoms with Crippen molar-refractivity contribution in [1.29, 1.82) is 0 Å². The van der Waals surface area contributed by atoms with E-state index in [0.717, 1.165) is 17.7 Å². The Kier molecular flexibility index (Phi) is 4.15. The maximum absolute atomic E-state index is 13.8. The second kappa shape index (κ2) is 6.06. The van der Waals surface area contributed by atoms with Crippen LogP contribution in [0.3, 0.4) is 0 Å². The molecule has 0 amide bonds. The van der Waals surface area contributed by atoms with Gasteiger partial charge in [0.25, 0.3) is 0 Å². The van der Waals surface area contributed by atoms with Gasteiger partial charge in [0.2, 0.25) is 0 Å². The number of hydrogen-bond donors (Lipinski definition) is 0. The summed E-state index contributed by atoms with van der Waals surface area (Å²) in [6.07, 6.45) is 0.736. The van der Waals surface area contributed by atoms with Crippen LogP contribution in [-0.2, 0) is 11.8 Å². The summed E-state index contributed by atoms with van der Waals surface area (Å²) in [5, 5.41) is 0.561. The van der Waals surface area contributed by atoms with Crippen LogP contribution in [0.4, 0.5) is 4.39 Å². The molecule has 1 aliphatic heterocycles. The van der Waals surface area contributed by atoms with Crippen molar-refractivity contribution in [3.05, 3.63) is 58.9 Å². The lowest BCUT2D eigenvalue weighted by atomic mass is 10.1. The molecule has 1 heterocycles. The van der Waals surface area contributed by atoms with E-state index in [9.17, 15) is 4.39 Å². The van der Waals surface area contributed by atoms with Crippen LogP contribution in [0.1, 0.15) is 16.7 Å². The van der Waals surface area contributed by atoms with E-state index in [-0.39, 0.29) is 11.9 Å². The molecule has 3 rings (SSSR count). The van der Waals surface area contributed by atoms with Crippen molar-refractivity contribution < 1.29 is 13.9 Å². The van der Waals surface area contributed by atoms with Gasteiger partial charge in [0, 0.05) is 17.3 Å². The van der Waals surface area contributed by atoms with Crippen LogP contribution in [0.2, 0.25) is 0 Å². The van der Waals surface area contributed by atoms with Gasteiger partial charge in [-0.1, -0.05) is 45.8 Å². The minimum atomic E-state index is -0.335. The lowest BCUT2D eigenvalue weighted by Crippen LogP contribution is -2.23. The van der Waals surface area contributed by atoms with E-state index in [4.69, 9.17) is 9.47 Å². The van der Waals surface area contributed by atoms with Gasteiger partial charge in [-0.2, -0.15) is 0 Å². The lowest BCUT2D eigenvalue weighted by Gasteiger charge is -2.15. The summed E-state index contributed by atoms with van der Waals surface area (Å²) >= 11 is 3.35. The standard InChI is InChI=1S/C17H16BrFO2/c1-11-5-6-16-13(7-11)8-14(21-16)10-20-17-12(9-18)3-2-4-15(17)19/h2-7,14H,8-10H2,1H3. The molecule has 0 bridgehead atoms. The molecular weight excluding hydrogens is 335 g/mol. The van der Waals surface area contributed by atoms with Crippen molar-refractivity contribution in [2.45, 2.75) is 24.8 Å². The highest BCUT2D eigenvalue weighted by Crippen LogP contribution is 2.31. The van der Waals surface area contributed by atoms with Crippen molar-refractivity contribution in [1.82, 2.24) is 0 Å². The van der Waals surface area contributed by atoms with Crippen molar-refractivity contribution >= 4 is 15.9 Å². The number of rotatable bonds is 4. The quantitative estimate of drug-likeness (QED) is 0.760. The summed E-state index contributed by atoms with van der Waals surface area (Å²) in [6.45, 7) is 2.40. The van der Waals surface area contributed by atoms with Crippen LogP contribution < -0.4 is 9.47 Å². The van der Waals surface area contributed by atoms with Crippen LogP contribution in [0.5, 0.6) is 11.5 Å². The number of ether oxygens (including phenoxy) is 2. The lowest BCUT2D eigenvalue weighted by molar-refractivity contribution is 0.144. The molecule has 2 nitrogen and oxygen atoms in total. The zero-order valence-corrected chi connectivity index (χ0v) is 13.3. The van der Waals surface area contributed by atoms with Gasteiger partial charge in [-0.3, -0.25) is 0 Å². The molecule has 1 unspecified atom stereocenters. The number of para-hydroxylation sites is 1. The monoisotopic (exact) mass is 350 g/mol. The molecule has 0 spiro atoms. The molecule has 0 aromatic heterocycles. The zero-order chi connectivity index (χ0) is 14.8. The average molecular weight is 351 g/mol. The van der Waals surface area contributed by atoms with Gasteiger partial charge in [-0.05, 0) is 24.6 Å². The van der Waals surface area contributed by atoms with E-state index in [1.165, 1.54) is 17.2 Å². The molecule has 0 aliphatic carbocycles. The second-order valence-electron chi connectivity index (χ2n) is 5.23. The van der Waals surface area contributed by atoms with Crippen LogP contribution in [-0.4, -0.2) is 12.7 Å². The summed E-state index contributed by atoms with van der Waals surface area (Å²) in [6, 6.07) is 11.1. The van der Waals surface area contributed by atoms with E-state index in [1.807, 2.05) is 18.2 Å². The first-order chi connectivity index (χ1) is 10.2. The topological polar surface area (TPSA) is 18.5 Å². The SMILES string of the molecule is Cc1ccc2c(c1)CC(COc1c(F)cccc1CBr)O2. The van der Waals surface area contributed by atoms with E-state index in [2.05, 4.69) is 28.9 Å². The molecular formula is C17H16BrFO2. The first-order valence-electron chi connectivity index (χ1n) is 6.89.